The van der Waals surface area contributed by atoms with E-state index in [-0.39, 0.29) is 11.8 Å². The molecule has 0 radical (unpaired) electrons. The summed E-state index contributed by atoms with van der Waals surface area (Å²) in [4.78, 5) is 27.6. The molecule has 0 fully saturated rings. The lowest BCUT2D eigenvalue weighted by Crippen LogP contribution is -2.28. The van der Waals surface area contributed by atoms with Crippen LogP contribution < -0.4 is 14.8 Å². The Labute approximate surface area is 174 Å². The van der Waals surface area contributed by atoms with Gasteiger partial charge in [-0.3, -0.25) is 9.59 Å². The molecule has 0 aliphatic carbocycles. The van der Waals surface area contributed by atoms with Gasteiger partial charge in [0.1, 0.15) is 23.9 Å². The molecule has 0 saturated heterocycles. The molecule has 0 atom stereocenters. The summed E-state index contributed by atoms with van der Waals surface area (Å²) in [6.07, 6.45) is 0. The van der Waals surface area contributed by atoms with E-state index in [0.717, 1.165) is 11.1 Å². The first-order valence-corrected chi connectivity index (χ1v) is 9.81. The van der Waals surface area contributed by atoms with Crippen molar-refractivity contribution >= 4 is 17.5 Å². The second-order valence-electron chi connectivity index (χ2n) is 7.39. The zero-order chi connectivity index (χ0) is 20.7. The molecule has 3 aromatic rings. The standard InChI is InChI=1S/C24H20N2O4/c1-26-12-13-29-19-11-10-15(14-18(19)24(26)28)25-23(27)22-16-6-2-4-8-20(16)30-21-9-5-3-7-17(21)22/h2-11,14,22H,12-13H2,1H3,(H,25,27). The SMILES string of the molecule is CN1CCOc2ccc(NC(=O)C3c4ccccc4Oc4ccccc43)cc2C1=O. The fourth-order valence-electron chi connectivity index (χ4n) is 3.91. The maximum absolute atomic E-state index is 13.4. The Hall–Kier alpha value is -3.80. The van der Waals surface area contributed by atoms with Gasteiger partial charge in [-0.15, -0.1) is 0 Å². The van der Waals surface area contributed by atoms with Crippen molar-refractivity contribution in [3.05, 3.63) is 83.4 Å². The van der Waals surface area contributed by atoms with E-state index in [4.69, 9.17) is 9.47 Å². The van der Waals surface area contributed by atoms with E-state index in [0.29, 0.717) is 41.7 Å². The summed E-state index contributed by atoms with van der Waals surface area (Å²) in [6.45, 7) is 0.960. The number of ether oxygens (including phenoxy) is 2. The molecule has 0 bridgehead atoms. The number of nitrogens with zero attached hydrogens (tertiary/aromatic N) is 1. The predicted molar refractivity (Wildman–Crippen MR) is 112 cm³/mol. The minimum absolute atomic E-state index is 0.125. The van der Waals surface area contributed by atoms with E-state index in [1.807, 2.05) is 48.5 Å². The van der Waals surface area contributed by atoms with Crippen LogP contribution in [-0.2, 0) is 4.79 Å². The van der Waals surface area contributed by atoms with Gasteiger partial charge in [0.25, 0.3) is 5.91 Å². The van der Waals surface area contributed by atoms with Crippen LogP contribution in [0.1, 0.15) is 27.4 Å². The van der Waals surface area contributed by atoms with Crippen LogP contribution in [-0.4, -0.2) is 36.9 Å². The summed E-state index contributed by atoms with van der Waals surface area (Å²) >= 11 is 0. The first-order chi connectivity index (χ1) is 14.6. The molecule has 2 aliphatic heterocycles. The smallest absolute Gasteiger partial charge is 0.257 e. The van der Waals surface area contributed by atoms with Gasteiger partial charge in [0.05, 0.1) is 18.0 Å². The lowest BCUT2D eigenvalue weighted by Gasteiger charge is -2.27. The van der Waals surface area contributed by atoms with Gasteiger partial charge in [-0.05, 0) is 30.3 Å². The lowest BCUT2D eigenvalue weighted by molar-refractivity contribution is -0.116. The number of rotatable bonds is 2. The van der Waals surface area contributed by atoms with Gasteiger partial charge in [-0.2, -0.15) is 0 Å². The van der Waals surface area contributed by atoms with Crippen LogP contribution in [0.4, 0.5) is 5.69 Å². The third-order valence-electron chi connectivity index (χ3n) is 5.45. The van der Waals surface area contributed by atoms with E-state index >= 15 is 0 Å². The molecule has 6 heteroatoms. The van der Waals surface area contributed by atoms with E-state index in [9.17, 15) is 9.59 Å². The average molecular weight is 400 g/mol. The molecule has 0 spiro atoms. The van der Waals surface area contributed by atoms with Crippen LogP contribution in [0.25, 0.3) is 0 Å². The second-order valence-corrected chi connectivity index (χ2v) is 7.39. The van der Waals surface area contributed by atoms with Crippen LogP contribution in [0.5, 0.6) is 17.2 Å². The zero-order valence-corrected chi connectivity index (χ0v) is 16.4. The minimum Gasteiger partial charge on any atom is -0.491 e. The molecule has 2 aliphatic rings. The van der Waals surface area contributed by atoms with Crippen LogP contribution in [0.2, 0.25) is 0 Å². The first kappa shape index (κ1) is 18.2. The summed E-state index contributed by atoms with van der Waals surface area (Å²) in [5.41, 5.74) is 2.61. The van der Waals surface area contributed by atoms with Crippen molar-refractivity contribution in [1.29, 1.82) is 0 Å². The predicted octanol–water partition coefficient (Wildman–Crippen LogP) is 4.03. The monoisotopic (exact) mass is 400 g/mol. The van der Waals surface area contributed by atoms with Gasteiger partial charge in [0.15, 0.2) is 0 Å². The Morgan fingerprint density at radius 3 is 2.33 bits per heavy atom. The van der Waals surface area contributed by atoms with Gasteiger partial charge >= 0.3 is 0 Å². The molecule has 3 aromatic carbocycles. The van der Waals surface area contributed by atoms with Gasteiger partial charge in [-0.1, -0.05) is 36.4 Å². The largest absolute Gasteiger partial charge is 0.491 e. The van der Waals surface area contributed by atoms with Crippen LogP contribution >= 0.6 is 0 Å². The normalized spacial score (nSPS) is 15.1. The van der Waals surface area contributed by atoms with Crippen molar-refractivity contribution in [3.8, 4) is 17.2 Å². The minimum atomic E-state index is -0.514. The number of likely N-dealkylation sites (N-methyl/N-ethyl adjacent to an activating group) is 1. The summed E-state index contributed by atoms with van der Waals surface area (Å²) in [5, 5.41) is 2.98. The number of carbonyl (C=O) groups excluding carboxylic acids is 2. The Morgan fingerprint density at radius 2 is 1.63 bits per heavy atom. The summed E-state index contributed by atoms with van der Waals surface area (Å²) in [7, 11) is 1.74. The van der Waals surface area contributed by atoms with E-state index in [1.165, 1.54) is 0 Å². The van der Waals surface area contributed by atoms with Crippen molar-refractivity contribution in [2.24, 2.45) is 0 Å². The number of carbonyl (C=O) groups is 2. The van der Waals surface area contributed by atoms with Crippen LogP contribution in [0.15, 0.2) is 66.7 Å². The van der Waals surface area contributed by atoms with Crippen molar-refractivity contribution in [2.75, 3.05) is 25.5 Å². The molecule has 6 nitrogen and oxygen atoms in total. The van der Waals surface area contributed by atoms with Gasteiger partial charge in [0.2, 0.25) is 5.91 Å². The molecule has 30 heavy (non-hydrogen) atoms. The Bertz CT molecular complexity index is 1110. The zero-order valence-electron chi connectivity index (χ0n) is 16.4. The molecule has 2 heterocycles. The maximum atomic E-state index is 13.4. The first-order valence-electron chi connectivity index (χ1n) is 9.81. The van der Waals surface area contributed by atoms with Crippen molar-refractivity contribution in [2.45, 2.75) is 5.92 Å². The van der Waals surface area contributed by atoms with E-state index in [2.05, 4.69) is 5.32 Å². The van der Waals surface area contributed by atoms with Gasteiger partial charge in [-0.25, -0.2) is 0 Å². The Morgan fingerprint density at radius 1 is 0.967 bits per heavy atom. The Kier molecular flexibility index (Phi) is 4.39. The molecule has 150 valence electrons. The fraction of sp³-hybridized carbons (Fsp3) is 0.167. The number of para-hydroxylation sites is 2. The highest BCUT2D eigenvalue weighted by atomic mass is 16.5. The molecule has 1 N–H and O–H groups in total. The van der Waals surface area contributed by atoms with Gasteiger partial charge in [0, 0.05) is 23.9 Å². The van der Waals surface area contributed by atoms with E-state index in [1.54, 1.807) is 30.1 Å². The Balaban J connectivity index is 1.50. The summed E-state index contributed by atoms with van der Waals surface area (Å²) in [6, 6.07) is 20.2. The highest BCUT2D eigenvalue weighted by molar-refractivity contribution is 6.02. The molecule has 0 saturated carbocycles. The van der Waals surface area contributed by atoms with Crippen LogP contribution in [0.3, 0.4) is 0 Å². The lowest BCUT2D eigenvalue weighted by atomic mass is 9.87. The fourth-order valence-corrected chi connectivity index (χ4v) is 3.91. The summed E-state index contributed by atoms with van der Waals surface area (Å²) < 4.78 is 11.6. The third-order valence-corrected chi connectivity index (χ3v) is 5.45. The molecule has 0 aromatic heterocycles. The average Bonchev–Trinajstić information content (AvgIpc) is 2.90. The molecule has 5 rings (SSSR count). The molecular formula is C24H20N2O4. The number of amides is 2. The molecular weight excluding hydrogens is 380 g/mol. The van der Waals surface area contributed by atoms with Crippen molar-refractivity contribution in [1.82, 2.24) is 4.90 Å². The maximum Gasteiger partial charge on any atom is 0.257 e. The number of hydrogen-bond acceptors (Lipinski definition) is 4. The second kappa shape index (κ2) is 7.22. The number of nitrogens with one attached hydrogen (secondary N) is 1. The number of fused-ring (bicyclic) bond motifs is 3. The quantitative estimate of drug-likeness (QED) is 0.705. The van der Waals surface area contributed by atoms with Crippen molar-refractivity contribution < 1.29 is 19.1 Å². The number of anilines is 1. The highest BCUT2D eigenvalue weighted by Gasteiger charge is 2.32. The highest BCUT2D eigenvalue weighted by Crippen LogP contribution is 2.44. The topological polar surface area (TPSA) is 67.9 Å². The third kappa shape index (κ3) is 3.06. The number of benzene rings is 3. The molecule has 0 unspecified atom stereocenters. The summed E-state index contributed by atoms with van der Waals surface area (Å²) in [5.74, 6) is 1.05. The number of hydrogen-bond donors (Lipinski definition) is 1. The van der Waals surface area contributed by atoms with Crippen molar-refractivity contribution in [3.63, 3.8) is 0 Å². The van der Waals surface area contributed by atoms with Gasteiger partial charge < -0.3 is 19.7 Å². The van der Waals surface area contributed by atoms with E-state index < -0.39 is 5.92 Å². The van der Waals surface area contributed by atoms with Crippen LogP contribution in [0, 0.1) is 0 Å². The molecule has 2 amide bonds.